The highest BCUT2D eigenvalue weighted by Crippen LogP contribution is 2.22. The number of hydrogen-bond acceptors (Lipinski definition) is 4. The molecule has 2 atom stereocenters. The van der Waals surface area contributed by atoms with Crippen molar-refractivity contribution >= 4 is 11.3 Å². The summed E-state index contributed by atoms with van der Waals surface area (Å²) in [4.78, 5) is 3.89. The zero-order valence-corrected chi connectivity index (χ0v) is 11.2. The van der Waals surface area contributed by atoms with Gasteiger partial charge in [-0.2, -0.15) is 0 Å². The van der Waals surface area contributed by atoms with E-state index in [1.54, 1.807) is 0 Å². The topological polar surface area (TPSA) is 35.5 Å². The van der Waals surface area contributed by atoms with E-state index in [1.807, 2.05) is 11.3 Å². The first-order valence-corrected chi connectivity index (χ1v) is 7.21. The van der Waals surface area contributed by atoms with Gasteiger partial charge in [0.15, 0.2) is 0 Å². The molecule has 2 N–H and O–H groups in total. The first-order valence-electron chi connectivity index (χ1n) is 6.33. The molecule has 1 aliphatic rings. The van der Waals surface area contributed by atoms with Crippen LogP contribution in [0.5, 0.6) is 0 Å². The Bertz CT molecular complexity index is 315. The lowest BCUT2D eigenvalue weighted by molar-refractivity contribution is 0.163. The van der Waals surface area contributed by atoms with Crippen LogP contribution in [0.1, 0.15) is 11.3 Å². The second-order valence-corrected chi connectivity index (χ2v) is 6.01. The van der Waals surface area contributed by atoms with E-state index >= 15 is 0 Å². The minimum absolute atomic E-state index is 0.232. The molecule has 2 unspecified atom stereocenters. The third-order valence-corrected chi connectivity index (χ3v) is 4.23. The van der Waals surface area contributed by atoms with Crippen molar-refractivity contribution in [1.82, 2.24) is 10.2 Å². The summed E-state index contributed by atoms with van der Waals surface area (Å²) in [6, 6.07) is 4.90. The number of likely N-dealkylation sites (N-methyl/N-ethyl adjacent to an activating group) is 1. The maximum atomic E-state index is 8.86. The zero-order chi connectivity index (χ0) is 12.1. The molecule has 3 nitrogen and oxygen atoms in total. The van der Waals surface area contributed by atoms with Gasteiger partial charge in [0.1, 0.15) is 0 Å². The second-order valence-electron chi connectivity index (χ2n) is 4.98. The summed E-state index contributed by atoms with van der Waals surface area (Å²) >= 11 is 1.86. The molecule has 0 amide bonds. The summed E-state index contributed by atoms with van der Waals surface area (Å²) in [5.41, 5.74) is 0. The largest absolute Gasteiger partial charge is 0.395 e. The van der Waals surface area contributed by atoms with Crippen molar-refractivity contribution in [3.63, 3.8) is 0 Å². The molecule has 96 valence electrons. The number of nitrogens with one attached hydrogen (secondary N) is 1. The fourth-order valence-corrected chi connectivity index (χ4v) is 3.54. The van der Waals surface area contributed by atoms with E-state index in [0.717, 1.165) is 12.5 Å². The SMILES string of the molecule is CN1CC(Cc2cccs2)CC(NCCO)C1. The molecule has 2 rings (SSSR count). The summed E-state index contributed by atoms with van der Waals surface area (Å²) in [6.07, 6.45) is 2.42. The molecule has 0 bridgehead atoms. The molecule has 0 spiro atoms. The van der Waals surface area contributed by atoms with Crippen LogP contribution in [-0.4, -0.2) is 49.3 Å². The number of aliphatic hydroxyl groups excluding tert-OH is 1. The first-order chi connectivity index (χ1) is 8.28. The van der Waals surface area contributed by atoms with Crippen molar-refractivity contribution in [2.75, 3.05) is 33.3 Å². The number of piperidine rings is 1. The van der Waals surface area contributed by atoms with Crippen LogP contribution in [0.25, 0.3) is 0 Å². The van der Waals surface area contributed by atoms with Gasteiger partial charge in [0.05, 0.1) is 6.61 Å². The standard InChI is InChI=1S/C13H22N2OS/c1-15-9-11(8-13-3-2-6-17-13)7-12(10-15)14-4-5-16/h2-3,6,11-12,14,16H,4-5,7-10H2,1H3. The summed E-state index contributed by atoms with van der Waals surface area (Å²) in [5.74, 6) is 0.739. The quantitative estimate of drug-likeness (QED) is 0.828. The molecule has 1 aromatic heterocycles. The average Bonchev–Trinajstić information content (AvgIpc) is 2.78. The lowest BCUT2D eigenvalue weighted by atomic mass is 9.91. The molecule has 1 saturated heterocycles. The fraction of sp³-hybridized carbons (Fsp3) is 0.692. The summed E-state index contributed by atoms with van der Waals surface area (Å²) < 4.78 is 0. The van der Waals surface area contributed by atoms with Crippen LogP contribution in [0.4, 0.5) is 0 Å². The molecule has 1 aliphatic heterocycles. The van der Waals surface area contributed by atoms with Gasteiger partial charge in [-0.25, -0.2) is 0 Å². The van der Waals surface area contributed by atoms with Crippen LogP contribution >= 0.6 is 11.3 Å². The number of nitrogens with zero attached hydrogens (tertiary/aromatic N) is 1. The number of likely N-dealkylation sites (tertiary alicyclic amines) is 1. The maximum absolute atomic E-state index is 8.86. The second kappa shape index (κ2) is 6.50. The van der Waals surface area contributed by atoms with Crippen LogP contribution in [0, 0.1) is 5.92 Å². The number of hydrogen-bond donors (Lipinski definition) is 2. The van der Waals surface area contributed by atoms with Crippen LogP contribution in [-0.2, 0) is 6.42 Å². The van der Waals surface area contributed by atoms with Crippen molar-refractivity contribution in [1.29, 1.82) is 0 Å². The minimum Gasteiger partial charge on any atom is -0.395 e. The van der Waals surface area contributed by atoms with Crippen LogP contribution in [0.2, 0.25) is 0 Å². The van der Waals surface area contributed by atoms with E-state index in [-0.39, 0.29) is 6.61 Å². The summed E-state index contributed by atoms with van der Waals surface area (Å²) in [7, 11) is 2.19. The normalized spacial score (nSPS) is 26.2. The van der Waals surface area contributed by atoms with Gasteiger partial charge in [-0.3, -0.25) is 0 Å². The predicted octanol–water partition coefficient (Wildman–Crippen LogP) is 1.19. The van der Waals surface area contributed by atoms with Gasteiger partial charge < -0.3 is 15.3 Å². The molecule has 1 aromatic rings. The van der Waals surface area contributed by atoms with E-state index in [1.165, 1.54) is 24.3 Å². The Hall–Kier alpha value is -0.420. The van der Waals surface area contributed by atoms with Crippen LogP contribution in [0.15, 0.2) is 17.5 Å². The van der Waals surface area contributed by atoms with E-state index in [4.69, 9.17) is 5.11 Å². The van der Waals surface area contributed by atoms with E-state index in [9.17, 15) is 0 Å². The molecule has 0 aliphatic carbocycles. The Morgan fingerprint density at radius 1 is 1.53 bits per heavy atom. The molecule has 4 heteroatoms. The van der Waals surface area contributed by atoms with E-state index in [0.29, 0.717) is 12.6 Å². The smallest absolute Gasteiger partial charge is 0.0556 e. The highest BCUT2D eigenvalue weighted by atomic mass is 32.1. The van der Waals surface area contributed by atoms with Crippen molar-refractivity contribution in [2.45, 2.75) is 18.9 Å². The number of thiophene rings is 1. The van der Waals surface area contributed by atoms with Gasteiger partial charge in [-0.05, 0) is 37.3 Å². The Morgan fingerprint density at radius 3 is 3.12 bits per heavy atom. The third-order valence-electron chi connectivity index (χ3n) is 3.33. The summed E-state index contributed by atoms with van der Waals surface area (Å²) in [5, 5.41) is 14.4. The number of rotatable bonds is 5. The molecular formula is C13H22N2OS. The van der Waals surface area contributed by atoms with Gasteiger partial charge in [0, 0.05) is 30.6 Å². The van der Waals surface area contributed by atoms with Gasteiger partial charge >= 0.3 is 0 Å². The van der Waals surface area contributed by atoms with E-state index < -0.39 is 0 Å². The molecule has 0 aromatic carbocycles. The molecule has 1 fully saturated rings. The number of aliphatic hydroxyl groups is 1. The fourth-order valence-electron chi connectivity index (χ4n) is 2.72. The summed E-state index contributed by atoms with van der Waals surface area (Å²) in [6.45, 7) is 3.23. The Kier molecular flexibility index (Phi) is 4.98. The lowest BCUT2D eigenvalue weighted by Crippen LogP contribution is -2.48. The van der Waals surface area contributed by atoms with Crippen molar-refractivity contribution in [3.05, 3.63) is 22.4 Å². The zero-order valence-electron chi connectivity index (χ0n) is 10.4. The van der Waals surface area contributed by atoms with Crippen molar-refractivity contribution < 1.29 is 5.11 Å². The van der Waals surface area contributed by atoms with Gasteiger partial charge in [0.2, 0.25) is 0 Å². The molecule has 0 saturated carbocycles. The Labute approximate surface area is 107 Å². The Morgan fingerprint density at radius 2 is 2.41 bits per heavy atom. The van der Waals surface area contributed by atoms with Crippen molar-refractivity contribution in [3.8, 4) is 0 Å². The average molecular weight is 254 g/mol. The van der Waals surface area contributed by atoms with Gasteiger partial charge in [0.25, 0.3) is 0 Å². The molecular weight excluding hydrogens is 232 g/mol. The van der Waals surface area contributed by atoms with Crippen LogP contribution < -0.4 is 5.32 Å². The Balaban J connectivity index is 1.85. The highest BCUT2D eigenvalue weighted by molar-refractivity contribution is 7.09. The van der Waals surface area contributed by atoms with Crippen LogP contribution in [0.3, 0.4) is 0 Å². The van der Waals surface area contributed by atoms with E-state index in [2.05, 4.69) is 34.8 Å². The molecule has 0 radical (unpaired) electrons. The van der Waals surface area contributed by atoms with Gasteiger partial charge in [-0.15, -0.1) is 11.3 Å². The predicted molar refractivity (Wildman–Crippen MR) is 72.5 cm³/mol. The first kappa shape index (κ1) is 13.0. The molecule has 2 heterocycles. The lowest BCUT2D eigenvalue weighted by Gasteiger charge is -2.36. The van der Waals surface area contributed by atoms with Crippen molar-refractivity contribution in [2.24, 2.45) is 5.92 Å². The monoisotopic (exact) mass is 254 g/mol. The minimum atomic E-state index is 0.232. The van der Waals surface area contributed by atoms with Gasteiger partial charge in [-0.1, -0.05) is 6.07 Å². The highest BCUT2D eigenvalue weighted by Gasteiger charge is 2.24. The maximum Gasteiger partial charge on any atom is 0.0556 e. The third kappa shape index (κ3) is 4.07. The molecule has 17 heavy (non-hydrogen) atoms.